The molecule has 134 valence electrons. The van der Waals surface area contributed by atoms with Gasteiger partial charge in [0.05, 0.1) is 5.56 Å². The quantitative estimate of drug-likeness (QED) is 0.829. The zero-order chi connectivity index (χ0) is 18.4. The summed E-state index contributed by atoms with van der Waals surface area (Å²) in [6.45, 7) is 2.19. The smallest absolute Gasteiger partial charge is 0.255 e. The molecule has 3 rings (SSSR count). The fourth-order valence-corrected chi connectivity index (χ4v) is 2.97. The molecular formula is C20H21N3O3. The van der Waals surface area contributed by atoms with Crippen LogP contribution in [0.25, 0.3) is 6.08 Å². The van der Waals surface area contributed by atoms with Crippen molar-refractivity contribution >= 4 is 23.5 Å². The molecule has 6 nitrogen and oxygen atoms in total. The van der Waals surface area contributed by atoms with Crippen molar-refractivity contribution in [1.82, 2.24) is 9.88 Å². The highest BCUT2D eigenvalue weighted by Gasteiger charge is 2.23. The number of ketones is 1. The standard InChI is InChI=1S/C20H21N3O3/c24-15-18(25)8-7-16-4-1-2-6-19(16)22-10-12-23(13-11-22)20(26)17-5-3-9-21-14-17/h1-9,14,24H,10-13,15H2/b8-7+. The third kappa shape index (κ3) is 4.15. The Morgan fingerprint density at radius 2 is 1.85 bits per heavy atom. The van der Waals surface area contributed by atoms with Gasteiger partial charge in [-0.05, 0) is 35.9 Å². The zero-order valence-electron chi connectivity index (χ0n) is 14.4. The predicted molar refractivity (Wildman–Crippen MR) is 99.9 cm³/mol. The van der Waals surface area contributed by atoms with Gasteiger partial charge in [0, 0.05) is 44.3 Å². The van der Waals surface area contributed by atoms with Crippen LogP contribution < -0.4 is 4.90 Å². The van der Waals surface area contributed by atoms with Crippen LogP contribution in [0.5, 0.6) is 0 Å². The molecule has 1 amide bonds. The summed E-state index contributed by atoms with van der Waals surface area (Å²) in [6, 6.07) is 11.3. The normalized spacial score (nSPS) is 14.7. The third-order valence-electron chi connectivity index (χ3n) is 4.36. The second kappa shape index (κ2) is 8.40. The van der Waals surface area contributed by atoms with E-state index in [2.05, 4.69) is 9.88 Å². The van der Waals surface area contributed by atoms with E-state index in [0.717, 1.165) is 11.3 Å². The van der Waals surface area contributed by atoms with E-state index in [1.807, 2.05) is 29.2 Å². The summed E-state index contributed by atoms with van der Waals surface area (Å²) in [7, 11) is 0. The maximum Gasteiger partial charge on any atom is 0.255 e. The molecule has 2 heterocycles. The molecule has 0 saturated carbocycles. The van der Waals surface area contributed by atoms with Crippen molar-refractivity contribution in [3.8, 4) is 0 Å². The molecule has 1 aliphatic rings. The molecule has 0 spiro atoms. The first-order chi connectivity index (χ1) is 12.7. The van der Waals surface area contributed by atoms with Gasteiger partial charge in [0.25, 0.3) is 5.91 Å². The summed E-state index contributed by atoms with van der Waals surface area (Å²) >= 11 is 0. The maximum atomic E-state index is 12.5. The lowest BCUT2D eigenvalue weighted by Crippen LogP contribution is -2.49. The maximum absolute atomic E-state index is 12.5. The van der Waals surface area contributed by atoms with Crippen molar-refractivity contribution in [2.75, 3.05) is 37.7 Å². The first-order valence-electron chi connectivity index (χ1n) is 8.54. The Balaban J connectivity index is 1.68. The molecule has 0 unspecified atom stereocenters. The van der Waals surface area contributed by atoms with Gasteiger partial charge < -0.3 is 14.9 Å². The van der Waals surface area contributed by atoms with Gasteiger partial charge in [0.15, 0.2) is 5.78 Å². The first kappa shape index (κ1) is 17.8. The topological polar surface area (TPSA) is 73.7 Å². The van der Waals surface area contributed by atoms with Crippen LogP contribution in [-0.2, 0) is 4.79 Å². The van der Waals surface area contributed by atoms with Crippen LogP contribution in [0.3, 0.4) is 0 Å². The molecule has 1 aliphatic heterocycles. The fraction of sp³-hybridized carbons (Fsp3) is 0.250. The summed E-state index contributed by atoms with van der Waals surface area (Å²) < 4.78 is 0. The molecule has 1 aromatic heterocycles. The summed E-state index contributed by atoms with van der Waals surface area (Å²) in [4.78, 5) is 31.9. The third-order valence-corrected chi connectivity index (χ3v) is 4.36. The number of hydrogen-bond acceptors (Lipinski definition) is 5. The van der Waals surface area contributed by atoms with E-state index in [0.29, 0.717) is 31.7 Å². The molecule has 0 bridgehead atoms. The highest BCUT2D eigenvalue weighted by atomic mass is 16.3. The minimum Gasteiger partial charge on any atom is -0.388 e. The zero-order valence-corrected chi connectivity index (χ0v) is 14.4. The summed E-state index contributed by atoms with van der Waals surface area (Å²) in [5.74, 6) is -0.328. The van der Waals surface area contributed by atoms with Crippen molar-refractivity contribution in [3.05, 3.63) is 66.0 Å². The van der Waals surface area contributed by atoms with Gasteiger partial charge in [0.2, 0.25) is 0 Å². The molecule has 0 atom stereocenters. The van der Waals surface area contributed by atoms with E-state index in [1.165, 1.54) is 6.08 Å². The van der Waals surface area contributed by atoms with E-state index >= 15 is 0 Å². The number of piperazine rings is 1. The number of aliphatic hydroxyl groups is 1. The van der Waals surface area contributed by atoms with Gasteiger partial charge in [-0.3, -0.25) is 14.6 Å². The monoisotopic (exact) mass is 351 g/mol. The predicted octanol–water partition coefficient (Wildman–Crippen LogP) is 1.62. The lowest BCUT2D eigenvalue weighted by molar-refractivity contribution is -0.117. The minimum atomic E-state index is -0.492. The van der Waals surface area contributed by atoms with E-state index in [9.17, 15) is 9.59 Å². The largest absolute Gasteiger partial charge is 0.388 e. The first-order valence-corrected chi connectivity index (χ1v) is 8.54. The van der Waals surface area contributed by atoms with Gasteiger partial charge in [-0.15, -0.1) is 0 Å². The van der Waals surface area contributed by atoms with Crippen LogP contribution in [0.4, 0.5) is 5.69 Å². The molecule has 1 aromatic carbocycles. The van der Waals surface area contributed by atoms with E-state index in [1.54, 1.807) is 30.6 Å². The molecule has 0 aliphatic carbocycles. The molecule has 1 saturated heterocycles. The summed E-state index contributed by atoms with van der Waals surface area (Å²) in [5, 5.41) is 8.85. The molecule has 2 aromatic rings. The van der Waals surface area contributed by atoms with Crippen LogP contribution in [0.1, 0.15) is 15.9 Å². The van der Waals surface area contributed by atoms with Crippen LogP contribution in [0.2, 0.25) is 0 Å². The number of rotatable bonds is 5. The molecule has 6 heteroatoms. The molecular weight excluding hydrogens is 330 g/mol. The number of amides is 1. The Morgan fingerprint density at radius 1 is 1.08 bits per heavy atom. The highest BCUT2D eigenvalue weighted by Crippen LogP contribution is 2.23. The number of anilines is 1. The number of benzene rings is 1. The average molecular weight is 351 g/mol. The molecule has 0 radical (unpaired) electrons. The van der Waals surface area contributed by atoms with Crippen LogP contribution >= 0.6 is 0 Å². The van der Waals surface area contributed by atoms with E-state index in [4.69, 9.17) is 5.11 Å². The Hall–Kier alpha value is -2.99. The van der Waals surface area contributed by atoms with Gasteiger partial charge >= 0.3 is 0 Å². The number of nitrogens with zero attached hydrogens (tertiary/aromatic N) is 3. The Kier molecular flexibility index (Phi) is 5.76. The molecule has 26 heavy (non-hydrogen) atoms. The number of carbonyl (C=O) groups is 2. The van der Waals surface area contributed by atoms with Crippen molar-refractivity contribution in [1.29, 1.82) is 0 Å². The van der Waals surface area contributed by atoms with Crippen molar-refractivity contribution < 1.29 is 14.7 Å². The fourth-order valence-electron chi connectivity index (χ4n) is 2.97. The number of para-hydroxylation sites is 1. The SMILES string of the molecule is O=C(/C=C/c1ccccc1N1CCN(C(=O)c2cccnc2)CC1)CO. The molecule has 1 N–H and O–H groups in total. The average Bonchev–Trinajstić information content (AvgIpc) is 2.72. The second-order valence-corrected chi connectivity index (χ2v) is 6.04. The number of hydrogen-bond donors (Lipinski definition) is 1. The van der Waals surface area contributed by atoms with Crippen LogP contribution in [0.15, 0.2) is 54.9 Å². The van der Waals surface area contributed by atoms with E-state index < -0.39 is 6.61 Å². The number of carbonyl (C=O) groups excluding carboxylic acids is 2. The number of aliphatic hydroxyl groups excluding tert-OH is 1. The summed E-state index contributed by atoms with van der Waals surface area (Å²) in [5.41, 5.74) is 2.54. The summed E-state index contributed by atoms with van der Waals surface area (Å²) in [6.07, 6.45) is 6.36. The van der Waals surface area contributed by atoms with Gasteiger partial charge in [0.1, 0.15) is 6.61 Å². The van der Waals surface area contributed by atoms with Crippen molar-refractivity contribution in [3.63, 3.8) is 0 Å². The van der Waals surface area contributed by atoms with Crippen LogP contribution in [0, 0.1) is 0 Å². The van der Waals surface area contributed by atoms with Crippen LogP contribution in [-0.4, -0.2) is 59.5 Å². The van der Waals surface area contributed by atoms with Crippen molar-refractivity contribution in [2.45, 2.75) is 0 Å². The number of aromatic nitrogens is 1. The Morgan fingerprint density at radius 3 is 2.54 bits per heavy atom. The second-order valence-electron chi connectivity index (χ2n) is 6.04. The lowest BCUT2D eigenvalue weighted by atomic mass is 10.1. The number of pyridine rings is 1. The lowest BCUT2D eigenvalue weighted by Gasteiger charge is -2.36. The van der Waals surface area contributed by atoms with Crippen molar-refractivity contribution in [2.24, 2.45) is 0 Å². The Bertz CT molecular complexity index is 797. The highest BCUT2D eigenvalue weighted by molar-refractivity contribution is 5.95. The van der Waals surface area contributed by atoms with Gasteiger partial charge in [-0.1, -0.05) is 18.2 Å². The Labute approximate surface area is 152 Å². The van der Waals surface area contributed by atoms with E-state index in [-0.39, 0.29) is 11.7 Å². The minimum absolute atomic E-state index is 0.000488. The van der Waals surface area contributed by atoms with Gasteiger partial charge in [-0.2, -0.15) is 0 Å². The molecule has 1 fully saturated rings. The van der Waals surface area contributed by atoms with Gasteiger partial charge in [-0.25, -0.2) is 0 Å².